The average molecular weight is 351 g/mol. The van der Waals surface area contributed by atoms with Crippen molar-refractivity contribution < 1.29 is 9.18 Å². The molecular formula is C21H22FN3O. The molecule has 3 rings (SSSR count). The van der Waals surface area contributed by atoms with Crippen molar-refractivity contribution in [3.05, 3.63) is 65.5 Å². The lowest BCUT2D eigenvalue weighted by Crippen LogP contribution is -2.41. The van der Waals surface area contributed by atoms with E-state index in [4.69, 9.17) is 5.26 Å². The third-order valence-corrected chi connectivity index (χ3v) is 4.89. The third-order valence-electron chi connectivity index (χ3n) is 4.89. The number of anilines is 1. The van der Waals surface area contributed by atoms with Gasteiger partial charge in [-0.2, -0.15) is 5.26 Å². The lowest BCUT2D eigenvalue weighted by atomic mass is 9.90. The standard InChI is InChI=1S/C21H22FN3O/c22-19-7-4-8-20(18(19)14-23)24-15-21(26)25-11-9-17(10-12-25)13-16-5-2-1-3-6-16/h1-8,17,24H,9-13,15H2. The van der Waals surface area contributed by atoms with E-state index in [1.54, 1.807) is 6.07 Å². The van der Waals surface area contributed by atoms with Gasteiger partial charge in [-0.25, -0.2) is 4.39 Å². The molecule has 0 aromatic heterocycles. The minimum atomic E-state index is -0.577. The molecule has 0 bridgehead atoms. The summed E-state index contributed by atoms with van der Waals surface area (Å²) in [5, 5.41) is 11.9. The van der Waals surface area contributed by atoms with E-state index in [1.807, 2.05) is 17.0 Å². The van der Waals surface area contributed by atoms with Gasteiger partial charge in [0.15, 0.2) is 0 Å². The highest BCUT2D eigenvalue weighted by molar-refractivity contribution is 5.81. The van der Waals surface area contributed by atoms with Crippen LogP contribution in [-0.4, -0.2) is 30.4 Å². The number of nitrogens with one attached hydrogen (secondary N) is 1. The smallest absolute Gasteiger partial charge is 0.241 e. The van der Waals surface area contributed by atoms with Crippen LogP contribution in [0.1, 0.15) is 24.0 Å². The number of benzene rings is 2. The van der Waals surface area contributed by atoms with Crippen LogP contribution in [-0.2, 0) is 11.2 Å². The maximum atomic E-state index is 13.6. The average Bonchev–Trinajstić information content (AvgIpc) is 2.67. The van der Waals surface area contributed by atoms with Crippen molar-refractivity contribution in [2.75, 3.05) is 25.0 Å². The fourth-order valence-electron chi connectivity index (χ4n) is 3.40. The zero-order chi connectivity index (χ0) is 18.4. The van der Waals surface area contributed by atoms with E-state index in [2.05, 4.69) is 29.6 Å². The van der Waals surface area contributed by atoms with Crippen molar-refractivity contribution in [1.29, 1.82) is 5.26 Å². The molecule has 1 fully saturated rings. The molecule has 1 heterocycles. The van der Waals surface area contributed by atoms with Gasteiger partial charge in [-0.05, 0) is 42.9 Å². The van der Waals surface area contributed by atoms with Crippen LogP contribution in [0.2, 0.25) is 0 Å². The normalized spacial score (nSPS) is 14.7. The van der Waals surface area contributed by atoms with Gasteiger partial charge in [-0.3, -0.25) is 4.79 Å². The lowest BCUT2D eigenvalue weighted by Gasteiger charge is -2.32. The van der Waals surface area contributed by atoms with Gasteiger partial charge in [0.05, 0.1) is 12.2 Å². The van der Waals surface area contributed by atoms with Crippen LogP contribution < -0.4 is 5.32 Å². The van der Waals surface area contributed by atoms with E-state index in [9.17, 15) is 9.18 Å². The molecule has 1 aliphatic rings. The molecule has 26 heavy (non-hydrogen) atoms. The van der Waals surface area contributed by atoms with E-state index in [-0.39, 0.29) is 18.0 Å². The summed E-state index contributed by atoms with van der Waals surface area (Å²) < 4.78 is 13.6. The Labute approximate surface area is 153 Å². The van der Waals surface area contributed by atoms with Crippen molar-refractivity contribution >= 4 is 11.6 Å². The zero-order valence-corrected chi connectivity index (χ0v) is 14.6. The van der Waals surface area contributed by atoms with Crippen LogP contribution >= 0.6 is 0 Å². The Morgan fingerprint density at radius 3 is 2.58 bits per heavy atom. The van der Waals surface area contributed by atoms with Crippen LogP contribution in [0.15, 0.2) is 48.5 Å². The van der Waals surface area contributed by atoms with Crippen LogP contribution in [0, 0.1) is 23.1 Å². The topological polar surface area (TPSA) is 56.1 Å². The monoisotopic (exact) mass is 351 g/mol. The Balaban J connectivity index is 1.48. The number of nitriles is 1. The fourth-order valence-corrected chi connectivity index (χ4v) is 3.40. The minimum Gasteiger partial charge on any atom is -0.375 e. The minimum absolute atomic E-state index is 0.0173. The van der Waals surface area contributed by atoms with Crippen molar-refractivity contribution in [3.8, 4) is 6.07 Å². The molecule has 5 heteroatoms. The van der Waals surface area contributed by atoms with Gasteiger partial charge in [0, 0.05) is 13.1 Å². The summed E-state index contributed by atoms with van der Waals surface area (Å²) in [4.78, 5) is 14.3. The Morgan fingerprint density at radius 2 is 1.88 bits per heavy atom. The molecule has 1 saturated heterocycles. The maximum Gasteiger partial charge on any atom is 0.241 e. The van der Waals surface area contributed by atoms with Crippen LogP contribution in [0.5, 0.6) is 0 Å². The number of nitrogens with zero attached hydrogens (tertiary/aromatic N) is 2. The number of halogens is 1. The van der Waals surface area contributed by atoms with E-state index < -0.39 is 5.82 Å². The molecule has 0 aliphatic carbocycles. The first-order valence-electron chi connectivity index (χ1n) is 8.91. The quantitative estimate of drug-likeness (QED) is 0.896. The molecular weight excluding hydrogens is 329 g/mol. The van der Waals surface area contributed by atoms with E-state index >= 15 is 0 Å². The van der Waals surface area contributed by atoms with E-state index in [0.29, 0.717) is 11.6 Å². The predicted octanol–water partition coefficient (Wildman–Crippen LogP) is 3.59. The molecule has 1 aliphatic heterocycles. The van der Waals surface area contributed by atoms with Gasteiger partial charge in [0.25, 0.3) is 0 Å². The molecule has 2 aromatic rings. The summed E-state index contributed by atoms with van der Waals surface area (Å²) in [5.41, 5.74) is 1.65. The van der Waals surface area contributed by atoms with Gasteiger partial charge >= 0.3 is 0 Å². The first-order chi connectivity index (χ1) is 12.7. The van der Waals surface area contributed by atoms with Gasteiger partial charge in [-0.1, -0.05) is 36.4 Å². The predicted molar refractivity (Wildman–Crippen MR) is 99.1 cm³/mol. The molecule has 0 spiro atoms. The van der Waals surface area contributed by atoms with Crippen LogP contribution in [0.25, 0.3) is 0 Å². The maximum absolute atomic E-state index is 13.6. The first kappa shape index (κ1) is 17.9. The Hall–Kier alpha value is -2.87. The molecule has 1 N–H and O–H groups in total. The number of amides is 1. The highest BCUT2D eigenvalue weighted by atomic mass is 19.1. The first-order valence-corrected chi connectivity index (χ1v) is 8.91. The fraction of sp³-hybridized carbons (Fsp3) is 0.333. The van der Waals surface area contributed by atoms with Crippen molar-refractivity contribution in [3.63, 3.8) is 0 Å². The van der Waals surface area contributed by atoms with Gasteiger partial charge in [-0.15, -0.1) is 0 Å². The van der Waals surface area contributed by atoms with Crippen LogP contribution in [0.3, 0.4) is 0 Å². The number of rotatable bonds is 5. The molecule has 0 saturated carbocycles. The number of likely N-dealkylation sites (tertiary alicyclic amines) is 1. The second-order valence-electron chi connectivity index (χ2n) is 6.64. The molecule has 1 amide bonds. The lowest BCUT2D eigenvalue weighted by molar-refractivity contribution is -0.130. The number of carbonyl (C=O) groups is 1. The molecule has 4 nitrogen and oxygen atoms in total. The Kier molecular flexibility index (Phi) is 5.85. The van der Waals surface area contributed by atoms with Gasteiger partial charge in [0.1, 0.15) is 17.4 Å². The number of carbonyl (C=O) groups excluding carboxylic acids is 1. The second-order valence-corrected chi connectivity index (χ2v) is 6.64. The second kappa shape index (κ2) is 8.48. The highest BCUT2D eigenvalue weighted by Gasteiger charge is 2.23. The third kappa shape index (κ3) is 4.40. The van der Waals surface area contributed by atoms with Crippen molar-refractivity contribution in [2.24, 2.45) is 5.92 Å². The van der Waals surface area contributed by atoms with Crippen molar-refractivity contribution in [1.82, 2.24) is 4.90 Å². The summed E-state index contributed by atoms with van der Waals surface area (Å²) in [6.07, 6.45) is 3.03. The summed E-state index contributed by atoms with van der Waals surface area (Å²) in [6, 6.07) is 16.6. The van der Waals surface area contributed by atoms with Crippen molar-refractivity contribution in [2.45, 2.75) is 19.3 Å². The molecule has 0 atom stereocenters. The molecule has 134 valence electrons. The van der Waals surface area contributed by atoms with Crippen LogP contribution in [0.4, 0.5) is 10.1 Å². The molecule has 2 aromatic carbocycles. The Morgan fingerprint density at radius 1 is 1.15 bits per heavy atom. The summed E-state index contributed by atoms with van der Waals surface area (Å²) >= 11 is 0. The summed E-state index contributed by atoms with van der Waals surface area (Å²) in [5.74, 6) is 0.00538. The largest absolute Gasteiger partial charge is 0.375 e. The number of hydrogen-bond donors (Lipinski definition) is 1. The Bertz CT molecular complexity index is 793. The summed E-state index contributed by atoms with van der Waals surface area (Å²) in [6.45, 7) is 1.56. The summed E-state index contributed by atoms with van der Waals surface area (Å²) in [7, 11) is 0. The highest BCUT2D eigenvalue weighted by Crippen LogP contribution is 2.22. The molecule has 0 unspecified atom stereocenters. The van der Waals surface area contributed by atoms with Gasteiger partial charge < -0.3 is 10.2 Å². The SMILES string of the molecule is N#Cc1c(F)cccc1NCC(=O)N1CCC(Cc2ccccc2)CC1. The molecule has 0 radical (unpaired) electrons. The van der Waals surface area contributed by atoms with E-state index in [0.717, 1.165) is 32.4 Å². The zero-order valence-electron chi connectivity index (χ0n) is 14.6. The number of hydrogen-bond acceptors (Lipinski definition) is 3. The van der Waals surface area contributed by atoms with E-state index in [1.165, 1.54) is 17.7 Å². The van der Waals surface area contributed by atoms with Gasteiger partial charge in [0.2, 0.25) is 5.91 Å². The number of piperidine rings is 1.